The predicted octanol–water partition coefficient (Wildman–Crippen LogP) is 1.69. The van der Waals surface area contributed by atoms with E-state index < -0.39 is 0 Å². The standard InChI is InChI=1S/C11H19NO3/c1-9(2)8-15-11(14)12-5-3-10(7-13)4-6-12/h7,9-10H,3-6,8H2,1-2H3. The first-order valence-electron chi connectivity index (χ1n) is 5.50. The lowest BCUT2D eigenvalue weighted by molar-refractivity contribution is -0.112. The van der Waals surface area contributed by atoms with Crippen molar-refractivity contribution in [1.82, 2.24) is 4.90 Å². The number of aldehydes is 1. The van der Waals surface area contributed by atoms with Crippen molar-refractivity contribution in [3.63, 3.8) is 0 Å². The first-order chi connectivity index (χ1) is 7.13. The van der Waals surface area contributed by atoms with Gasteiger partial charge in [-0.25, -0.2) is 4.79 Å². The maximum atomic E-state index is 11.5. The van der Waals surface area contributed by atoms with Gasteiger partial charge in [0.2, 0.25) is 0 Å². The summed E-state index contributed by atoms with van der Waals surface area (Å²) in [6.45, 7) is 5.75. The zero-order valence-corrected chi connectivity index (χ0v) is 9.44. The smallest absolute Gasteiger partial charge is 0.409 e. The molecule has 0 radical (unpaired) electrons. The Morgan fingerprint density at radius 2 is 2.07 bits per heavy atom. The summed E-state index contributed by atoms with van der Waals surface area (Å²) in [5.74, 6) is 0.487. The second-order valence-corrected chi connectivity index (χ2v) is 4.43. The minimum atomic E-state index is -0.243. The van der Waals surface area contributed by atoms with Gasteiger partial charge < -0.3 is 14.4 Å². The zero-order chi connectivity index (χ0) is 11.3. The van der Waals surface area contributed by atoms with Gasteiger partial charge in [0, 0.05) is 19.0 Å². The van der Waals surface area contributed by atoms with Crippen LogP contribution in [0.25, 0.3) is 0 Å². The number of hydrogen-bond acceptors (Lipinski definition) is 3. The molecule has 1 rings (SSSR count). The highest BCUT2D eigenvalue weighted by Gasteiger charge is 2.23. The molecule has 0 bridgehead atoms. The molecule has 15 heavy (non-hydrogen) atoms. The summed E-state index contributed by atoms with van der Waals surface area (Å²) in [6, 6.07) is 0. The van der Waals surface area contributed by atoms with Crippen LogP contribution in [-0.4, -0.2) is 37.0 Å². The van der Waals surface area contributed by atoms with Crippen LogP contribution in [0.4, 0.5) is 4.79 Å². The molecule has 1 aliphatic rings. The molecule has 0 aromatic carbocycles. The summed E-state index contributed by atoms with van der Waals surface area (Å²) in [5, 5.41) is 0. The second-order valence-electron chi connectivity index (χ2n) is 4.43. The molecular formula is C11H19NO3. The summed E-state index contributed by atoms with van der Waals surface area (Å²) in [6.07, 6.45) is 2.27. The van der Waals surface area contributed by atoms with Gasteiger partial charge in [0.1, 0.15) is 6.29 Å². The van der Waals surface area contributed by atoms with Crippen LogP contribution in [0.1, 0.15) is 26.7 Å². The van der Waals surface area contributed by atoms with E-state index in [9.17, 15) is 9.59 Å². The number of piperidine rings is 1. The lowest BCUT2D eigenvalue weighted by Crippen LogP contribution is -2.39. The van der Waals surface area contributed by atoms with Gasteiger partial charge in [-0.2, -0.15) is 0 Å². The van der Waals surface area contributed by atoms with Gasteiger partial charge in [-0.1, -0.05) is 13.8 Å². The number of rotatable bonds is 3. The number of amides is 1. The Kier molecular flexibility index (Phi) is 4.59. The van der Waals surface area contributed by atoms with Crippen LogP contribution in [-0.2, 0) is 9.53 Å². The average molecular weight is 213 g/mol. The Hall–Kier alpha value is -1.06. The van der Waals surface area contributed by atoms with Crippen molar-refractivity contribution >= 4 is 12.4 Å². The van der Waals surface area contributed by atoms with E-state index >= 15 is 0 Å². The van der Waals surface area contributed by atoms with E-state index in [-0.39, 0.29) is 12.0 Å². The van der Waals surface area contributed by atoms with Gasteiger partial charge in [-0.15, -0.1) is 0 Å². The van der Waals surface area contributed by atoms with E-state index in [1.807, 2.05) is 13.8 Å². The summed E-state index contributed by atoms with van der Waals surface area (Å²) in [7, 11) is 0. The molecule has 1 heterocycles. The second kappa shape index (κ2) is 5.73. The fourth-order valence-corrected chi connectivity index (χ4v) is 1.55. The van der Waals surface area contributed by atoms with Crippen molar-refractivity contribution in [2.75, 3.05) is 19.7 Å². The van der Waals surface area contributed by atoms with Crippen molar-refractivity contribution in [3.05, 3.63) is 0 Å². The predicted molar refractivity (Wildman–Crippen MR) is 56.5 cm³/mol. The Morgan fingerprint density at radius 3 is 2.53 bits per heavy atom. The van der Waals surface area contributed by atoms with Crippen LogP contribution in [0.15, 0.2) is 0 Å². The molecule has 0 saturated carbocycles. The monoisotopic (exact) mass is 213 g/mol. The zero-order valence-electron chi connectivity index (χ0n) is 9.44. The minimum Gasteiger partial charge on any atom is -0.449 e. The minimum absolute atomic E-state index is 0.124. The Morgan fingerprint density at radius 1 is 1.47 bits per heavy atom. The third-order valence-electron chi connectivity index (χ3n) is 2.53. The molecular weight excluding hydrogens is 194 g/mol. The molecule has 0 spiro atoms. The van der Waals surface area contributed by atoms with Crippen molar-refractivity contribution in [1.29, 1.82) is 0 Å². The summed E-state index contributed by atoms with van der Waals surface area (Å²) in [5.41, 5.74) is 0. The van der Waals surface area contributed by atoms with Gasteiger partial charge in [-0.3, -0.25) is 0 Å². The van der Waals surface area contributed by atoms with Gasteiger partial charge in [0.25, 0.3) is 0 Å². The average Bonchev–Trinajstić information content (AvgIpc) is 2.26. The largest absolute Gasteiger partial charge is 0.449 e. The summed E-state index contributed by atoms with van der Waals surface area (Å²) >= 11 is 0. The molecule has 1 amide bonds. The van der Waals surface area contributed by atoms with Crippen LogP contribution in [0, 0.1) is 11.8 Å². The Labute approximate surface area is 90.6 Å². The molecule has 1 aliphatic heterocycles. The third-order valence-corrected chi connectivity index (χ3v) is 2.53. The molecule has 0 atom stereocenters. The highest BCUT2D eigenvalue weighted by atomic mass is 16.6. The van der Waals surface area contributed by atoms with Gasteiger partial charge in [0.05, 0.1) is 6.61 Å². The first kappa shape index (κ1) is 12.0. The maximum absolute atomic E-state index is 11.5. The molecule has 4 nitrogen and oxygen atoms in total. The SMILES string of the molecule is CC(C)COC(=O)N1CCC(C=O)CC1. The number of ether oxygens (including phenoxy) is 1. The summed E-state index contributed by atoms with van der Waals surface area (Å²) < 4.78 is 5.11. The molecule has 1 fully saturated rings. The van der Waals surface area contributed by atoms with Crippen molar-refractivity contribution in [2.45, 2.75) is 26.7 Å². The van der Waals surface area contributed by atoms with Crippen molar-refractivity contribution in [3.8, 4) is 0 Å². The van der Waals surface area contributed by atoms with Crippen molar-refractivity contribution in [2.24, 2.45) is 11.8 Å². The molecule has 0 aliphatic carbocycles. The summed E-state index contributed by atoms with van der Waals surface area (Å²) in [4.78, 5) is 23.7. The van der Waals surface area contributed by atoms with E-state index in [0.29, 0.717) is 25.6 Å². The van der Waals surface area contributed by atoms with E-state index in [2.05, 4.69) is 0 Å². The molecule has 0 N–H and O–H groups in total. The van der Waals surface area contributed by atoms with Gasteiger partial charge in [0.15, 0.2) is 0 Å². The fourth-order valence-electron chi connectivity index (χ4n) is 1.55. The normalized spacial score (nSPS) is 17.9. The van der Waals surface area contributed by atoms with Crippen LogP contribution in [0.5, 0.6) is 0 Å². The molecule has 0 unspecified atom stereocenters. The molecule has 4 heteroatoms. The number of likely N-dealkylation sites (tertiary alicyclic amines) is 1. The van der Waals surface area contributed by atoms with E-state index in [4.69, 9.17) is 4.74 Å². The van der Waals surface area contributed by atoms with Crippen molar-refractivity contribution < 1.29 is 14.3 Å². The van der Waals surface area contributed by atoms with E-state index in [1.165, 1.54) is 0 Å². The van der Waals surface area contributed by atoms with Gasteiger partial charge in [-0.05, 0) is 18.8 Å². The first-order valence-corrected chi connectivity index (χ1v) is 5.50. The maximum Gasteiger partial charge on any atom is 0.409 e. The number of nitrogens with zero attached hydrogens (tertiary/aromatic N) is 1. The Balaban J connectivity index is 2.27. The highest BCUT2D eigenvalue weighted by molar-refractivity contribution is 5.68. The molecule has 0 aromatic rings. The number of carbonyl (C=O) groups excluding carboxylic acids is 2. The lowest BCUT2D eigenvalue weighted by atomic mass is 9.99. The highest BCUT2D eigenvalue weighted by Crippen LogP contribution is 2.15. The van der Waals surface area contributed by atoms with Crippen LogP contribution < -0.4 is 0 Å². The van der Waals surface area contributed by atoms with Crippen LogP contribution in [0.3, 0.4) is 0 Å². The topological polar surface area (TPSA) is 46.6 Å². The van der Waals surface area contributed by atoms with E-state index in [0.717, 1.165) is 19.1 Å². The Bertz CT molecular complexity index is 220. The van der Waals surface area contributed by atoms with Crippen LogP contribution in [0.2, 0.25) is 0 Å². The number of hydrogen-bond donors (Lipinski definition) is 0. The van der Waals surface area contributed by atoms with Gasteiger partial charge >= 0.3 is 6.09 Å². The molecule has 86 valence electrons. The quantitative estimate of drug-likeness (QED) is 0.670. The fraction of sp³-hybridized carbons (Fsp3) is 0.818. The third kappa shape index (κ3) is 3.90. The van der Waals surface area contributed by atoms with E-state index in [1.54, 1.807) is 4.90 Å². The lowest BCUT2D eigenvalue weighted by Gasteiger charge is -2.29. The number of carbonyl (C=O) groups is 2. The van der Waals surface area contributed by atoms with Crippen LogP contribution >= 0.6 is 0 Å². The molecule has 1 saturated heterocycles. The molecule has 0 aromatic heterocycles.